The summed E-state index contributed by atoms with van der Waals surface area (Å²) in [5.74, 6) is 0.632. The van der Waals surface area contributed by atoms with Crippen LogP contribution in [0.2, 0.25) is 0 Å². The summed E-state index contributed by atoms with van der Waals surface area (Å²) in [6.45, 7) is 4.86. The number of amides is 1. The number of methoxy groups -OCH3 is 2. The van der Waals surface area contributed by atoms with Crippen molar-refractivity contribution >= 4 is 29.2 Å². The first kappa shape index (κ1) is 37.1. The van der Waals surface area contributed by atoms with E-state index < -0.39 is 0 Å². The molecular weight excluding hydrogens is 616 g/mol. The minimum absolute atomic E-state index is 0.00195. The predicted molar refractivity (Wildman–Crippen MR) is 199 cm³/mol. The fraction of sp³-hybridized carbons (Fsp3) is 0.421. The van der Waals surface area contributed by atoms with Gasteiger partial charge in [-0.25, -0.2) is 0 Å². The maximum absolute atomic E-state index is 11.0. The van der Waals surface area contributed by atoms with Crippen molar-refractivity contribution in [3.8, 4) is 5.75 Å². The first-order valence-electron chi connectivity index (χ1n) is 17.0. The van der Waals surface area contributed by atoms with Gasteiger partial charge in [0, 0.05) is 70.4 Å². The summed E-state index contributed by atoms with van der Waals surface area (Å²) in [5.41, 5.74) is 12.2. The van der Waals surface area contributed by atoms with E-state index in [1.807, 2.05) is 43.6 Å². The van der Waals surface area contributed by atoms with Crippen LogP contribution in [0.5, 0.6) is 5.75 Å². The van der Waals surface area contributed by atoms with E-state index in [2.05, 4.69) is 68.8 Å². The second-order valence-corrected chi connectivity index (χ2v) is 12.4. The number of carbonyl (C=O) groups is 1. The number of aliphatic imine (C=N–C) groups is 1. The monoisotopic (exact) mass is 668 g/mol. The Hall–Kier alpha value is -4.74. The van der Waals surface area contributed by atoms with Gasteiger partial charge in [0.15, 0.2) is 0 Å². The van der Waals surface area contributed by atoms with Gasteiger partial charge in [-0.2, -0.15) is 4.99 Å². The topological polar surface area (TPSA) is 141 Å². The van der Waals surface area contributed by atoms with Gasteiger partial charge in [-0.1, -0.05) is 37.3 Å². The molecule has 1 aromatic carbocycles. The second-order valence-electron chi connectivity index (χ2n) is 12.4. The molecule has 3 fully saturated rings. The molecule has 0 bridgehead atoms. The number of nitrogens with one attached hydrogen (secondary N) is 3. The van der Waals surface area contributed by atoms with Gasteiger partial charge in [-0.3, -0.25) is 20.1 Å². The Morgan fingerprint density at radius 3 is 2.51 bits per heavy atom. The van der Waals surface area contributed by atoms with E-state index in [1.54, 1.807) is 14.2 Å². The number of para-hydroxylation sites is 1. The SMILES string of the molecule is CC/C=C\C(=C/N(C)C1CN(Cc2ccccn2)C1)c1cccc(N/C(=C/C(N)=NC=O)C(=N)C(NC)=C2CCC2)c1OC.COC1CC1. The van der Waals surface area contributed by atoms with E-state index in [1.165, 1.54) is 24.5 Å². The summed E-state index contributed by atoms with van der Waals surface area (Å²) >= 11 is 0. The molecule has 49 heavy (non-hydrogen) atoms. The first-order valence-corrected chi connectivity index (χ1v) is 17.0. The molecule has 0 atom stereocenters. The molecule has 5 N–H and O–H groups in total. The van der Waals surface area contributed by atoms with Crippen molar-refractivity contribution in [3.05, 3.63) is 95.2 Å². The number of hydrogen-bond donors (Lipinski definition) is 4. The van der Waals surface area contributed by atoms with Crippen molar-refractivity contribution in [1.29, 1.82) is 5.41 Å². The number of anilines is 1. The Morgan fingerprint density at radius 2 is 1.96 bits per heavy atom. The van der Waals surface area contributed by atoms with E-state index in [0.29, 0.717) is 35.7 Å². The molecular formula is C38H52N8O3. The Morgan fingerprint density at radius 1 is 1.18 bits per heavy atom. The number of likely N-dealkylation sites (N-methyl/N-ethyl adjacent to an activating group) is 1. The Labute approximate surface area is 291 Å². The molecule has 5 rings (SSSR count). The Bertz CT molecular complexity index is 1560. The van der Waals surface area contributed by atoms with Crippen molar-refractivity contribution in [2.75, 3.05) is 46.7 Å². The number of pyridine rings is 1. The highest BCUT2D eigenvalue weighted by Crippen LogP contribution is 2.36. The van der Waals surface area contributed by atoms with Gasteiger partial charge in [0.05, 0.1) is 42.0 Å². The highest BCUT2D eigenvalue weighted by atomic mass is 16.5. The Kier molecular flexibility index (Phi) is 14.2. The van der Waals surface area contributed by atoms with Gasteiger partial charge in [-0.05, 0) is 62.3 Å². The number of nitrogens with zero attached hydrogens (tertiary/aromatic N) is 4. The molecule has 1 aromatic heterocycles. The largest absolute Gasteiger partial charge is 0.494 e. The number of nitrogens with two attached hydrogens (primary N) is 1. The van der Waals surface area contributed by atoms with Crippen LogP contribution in [0.15, 0.2) is 89.0 Å². The average molecular weight is 669 g/mol. The molecule has 1 amide bonds. The molecule has 11 nitrogen and oxygen atoms in total. The summed E-state index contributed by atoms with van der Waals surface area (Å²) in [5, 5.41) is 15.6. The number of allylic oxidation sites excluding steroid dienone is 4. The number of carbonyl (C=O) groups excluding carboxylic acids is 1. The zero-order chi connectivity index (χ0) is 35.2. The lowest BCUT2D eigenvalue weighted by molar-refractivity contribution is -0.106. The predicted octanol–water partition coefficient (Wildman–Crippen LogP) is 5.50. The number of benzene rings is 1. The van der Waals surface area contributed by atoms with Crippen LogP contribution in [0.25, 0.3) is 5.57 Å². The van der Waals surface area contributed by atoms with Crippen molar-refractivity contribution in [1.82, 2.24) is 20.1 Å². The molecule has 0 unspecified atom stereocenters. The smallest absolute Gasteiger partial charge is 0.234 e. The average Bonchev–Trinajstić information content (AvgIpc) is 3.91. The Balaban J connectivity index is 0.000000989. The number of rotatable bonds is 16. The standard InChI is InChI=1S/C34H44N8O2.C4H8O/c1-5-6-11-25(19-41(3)27-21-42(22-27)20-26-14-7-8-17-38-26)28-15-10-16-29(34(28)44-4)40-30(18-31(35)39-23-43)32(36)33(37-2)24-12-9-13-24;1-5-4-2-3-4/h6-8,10-11,14-19,23,27,36-37,40H,5,9,12-13,20-22H2,1-4H3,(H2,35,39,43);4H,2-3H2,1H3/b11-6-,25-19+,30-18+,36-32?;. The zero-order valence-corrected chi connectivity index (χ0v) is 29.5. The number of likely N-dealkylation sites (tertiary alicyclic amines) is 1. The zero-order valence-electron chi connectivity index (χ0n) is 29.5. The maximum atomic E-state index is 11.0. The van der Waals surface area contributed by atoms with Crippen LogP contribution in [0.1, 0.15) is 56.7 Å². The van der Waals surface area contributed by atoms with Gasteiger partial charge in [0.1, 0.15) is 17.3 Å². The summed E-state index contributed by atoms with van der Waals surface area (Å²) < 4.78 is 10.9. The third kappa shape index (κ3) is 10.6. The lowest BCUT2D eigenvalue weighted by Gasteiger charge is -2.43. The van der Waals surface area contributed by atoms with E-state index >= 15 is 0 Å². The van der Waals surface area contributed by atoms with Crippen LogP contribution >= 0.6 is 0 Å². The quantitative estimate of drug-likeness (QED) is 0.0791. The summed E-state index contributed by atoms with van der Waals surface area (Å²) in [6, 6.07) is 12.3. The third-order valence-electron chi connectivity index (χ3n) is 8.73. The second kappa shape index (κ2) is 18.7. The molecule has 1 saturated heterocycles. The highest BCUT2D eigenvalue weighted by Gasteiger charge is 2.29. The van der Waals surface area contributed by atoms with E-state index in [9.17, 15) is 4.79 Å². The van der Waals surface area contributed by atoms with Gasteiger partial charge in [0.2, 0.25) is 6.41 Å². The molecule has 1 aliphatic heterocycles. The van der Waals surface area contributed by atoms with Crippen molar-refractivity contribution in [3.63, 3.8) is 0 Å². The maximum Gasteiger partial charge on any atom is 0.234 e. The molecule has 2 saturated carbocycles. The van der Waals surface area contributed by atoms with E-state index in [0.717, 1.165) is 67.8 Å². The minimum atomic E-state index is 0.00195. The first-order chi connectivity index (χ1) is 23.8. The van der Waals surface area contributed by atoms with Crippen molar-refractivity contribution in [2.24, 2.45) is 10.7 Å². The summed E-state index contributed by atoms with van der Waals surface area (Å²) in [7, 11) is 7.33. The lowest BCUT2D eigenvalue weighted by Crippen LogP contribution is -2.56. The van der Waals surface area contributed by atoms with Crippen LogP contribution in [-0.2, 0) is 16.1 Å². The van der Waals surface area contributed by atoms with E-state index in [4.69, 9.17) is 20.6 Å². The van der Waals surface area contributed by atoms with Crippen molar-refractivity contribution < 1.29 is 14.3 Å². The number of aromatic nitrogens is 1. The van der Waals surface area contributed by atoms with Crippen LogP contribution in [0.4, 0.5) is 5.69 Å². The normalized spacial score (nSPS) is 17.0. The van der Waals surface area contributed by atoms with Crippen molar-refractivity contribution in [2.45, 2.75) is 64.1 Å². The number of amidine groups is 1. The van der Waals surface area contributed by atoms with E-state index in [-0.39, 0.29) is 11.5 Å². The molecule has 11 heteroatoms. The molecule has 2 aliphatic carbocycles. The lowest BCUT2D eigenvalue weighted by atomic mass is 9.88. The number of ether oxygens (including phenoxy) is 2. The van der Waals surface area contributed by atoms with Gasteiger partial charge in [-0.15, -0.1) is 0 Å². The number of hydrogen-bond acceptors (Lipinski definition) is 9. The molecule has 2 aromatic rings. The molecule has 262 valence electrons. The third-order valence-corrected chi connectivity index (χ3v) is 8.73. The van der Waals surface area contributed by atoms with Crippen LogP contribution in [0, 0.1) is 5.41 Å². The summed E-state index contributed by atoms with van der Waals surface area (Å²) in [6.07, 6.45) is 17.2. The fourth-order valence-corrected chi connectivity index (χ4v) is 5.59. The minimum Gasteiger partial charge on any atom is -0.494 e. The van der Waals surface area contributed by atoms with Gasteiger partial charge in [0.25, 0.3) is 0 Å². The van der Waals surface area contributed by atoms with Gasteiger partial charge >= 0.3 is 0 Å². The summed E-state index contributed by atoms with van der Waals surface area (Å²) in [4.78, 5) is 23.8. The molecule has 0 radical (unpaired) electrons. The van der Waals surface area contributed by atoms with Crippen LogP contribution in [0.3, 0.4) is 0 Å². The van der Waals surface area contributed by atoms with Crippen LogP contribution < -0.4 is 21.1 Å². The van der Waals surface area contributed by atoms with Crippen LogP contribution in [-0.4, -0.2) is 86.3 Å². The molecule has 2 heterocycles. The van der Waals surface area contributed by atoms with Gasteiger partial charge < -0.3 is 30.7 Å². The molecule has 0 spiro atoms. The molecule has 3 aliphatic rings. The fourth-order valence-electron chi connectivity index (χ4n) is 5.59. The highest BCUT2D eigenvalue weighted by molar-refractivity contribution is 6.15.